The number of aromatic nitrogens is 3. The lowest BCUT2D eigenvalue weighted by Crippen LogP contribution is -2.35. The highest BCUT2D eigenvalue weighted by Gasteiger charge is 2.30. The number of carbonyl (C=O) groups excluding carboxylic acids is 1. The summed E-state index contributed by atoms with van der Waals surface area (Å²) in [6.45, 7) is 0.0830. The van der Waals surface area contributed by atoms with E-state index in [9.17, 15) is 22.8 Å². The molecule has 0 radical (unpaired) electrons. The van der Waals surface area contributed by atoms with E-state index in [2.05, 4.69) is 15.3 Å². The van der Waals surface area contributed by atoms with Crippen molar-refractivity contribution in [3.05, 3.63) is 99.6 Å². The molecule has 1 amide bonds. The van der Waals surface area contributed by atoms with Crippen molar-refractivity contribution in [2.24, 2.45) is 0 Å². The first-order valence-corrected chi connectivity index (χ1v) is 10.2. The van der Waals surface area contributed by atoms with Gasteiger partial charge in [-0.15, -0.1) is 0 Å². The molecule has 2 aromatic heterocycles. The Morgan fingerprint density at radius 3 is 2.35 bits per heavy atom. The fourth-order valence-electron chi connectivity index (χ4n) is 3.36. The molecular formula is C24H19F3N4O3. The van der Waals surface area contributed by atoms with Gasteiger partial charge >= 0.3 is 6.18 Å². The van der Waals surface area contributed by atoms with Crippen LogP contribution in [0.15, 0.2) is 71.7 Å². The number of rotatable bonds is 6. The average Bonchev–Trinajstić information content (AvgIpc) is 2.84. The van der Waals surface area contributed by atoms with Gasteiger partial charge in [0.2, 0.25) is 0 Å². The van der Waals surface area contributed by atoms with Gasteiger partial charge in [-0.3, -0.25) is 14.2 Å². The topological polar surface area (TPSA) is 86.1 Å². The van der Waals surface area contributed by atoms with Crippen molar-refractivity contribution >= 4 is 17.1 Å². The molecule has 0 unspecified atom stereocenters. The van der Waals surface area contributed by atoms with Crippen LogP contribution in [0.2, 0.25) is 0 Å². The molecule has 0 spiro atoms. The van der Waals surface area contributed by atoms with E-state index in [1.165, 1.54) is 22.9 Å². The van der Waals surface area contributed by atoms with E-state index in [-0.39, 0.29) is 18.8 Å². The maximum atomic E-state index is 13.2. The quantitative estimate of drug-likeness (QED) is 0.465. The summed E-state index contributed by atoms with van der Waals surface area (Å²) in [6, 6.07) is 14.8. The van der Waals surface area contributed by atoms with Crippen LogP contribution < -0.4 is 15.6 Å². The molecule has 174 valence electrons. The van der Waals surface area contributed by atoms with Gasteiger partial charge in [-0.1, -0.05) is 24.3 Å². The van der Waals surface area contributed by atoms with E-state index in [4.69, 9.17) is 4.74 Å². The molecule has 0 aliphatic rings. The summed E-state index contributed by atoms with van der Waals surface area (Å²) in [5.74, 6) is -0.0729. The molecule has 4 aromatic rings. The fourth-order valence-corrected chi connectivity index (χ4v) is 3.36. The molecular weight excluding hydrogens is 449 g/mol. The zero-order valence-corrected chi connectivity index (χ0v) is 18.0. The number of ether oxygens (including phenoxy) is 1. The van der Waals surface area contributed by atoms with Crippen LogP contribution in [0.1, 0.15) is 27.2 Å². The van der Waals surface area contributed by atoms with Crippen molar-refractivity contribution in [1.29, 1.82) is 0 Å². The highest BCUT2D eigenvalue weighted by atomic mass is 19.4. The molecule has 0 saturated carbocycles. The first-order chi connectivity index (χ1) is 16.3. The van der Waals surface area contributed by atoms with E-state index in [0.717, 1.165) is 17.7 Å². The van der Waals surface area contributed by atoms with Crippen LogP contribution in [0, 0.1) is 0 Å². The van der Waals surface area contributed by atoms with E-state index in [0.29, 0.717) is 22.5 Å². The lowest BCUT2D eigenvalue weighted by atomic mass is 10.1. The molecule has 2 heterocycles. The number of halogens is 3. The molecule has 0 atom stereocenters. The summed E-state index contributed by atoms with van der Waals surface area (Å²) in [4.78, 5) is 34.4. The number of hydrogen-bond donors (Lipinski definition) is 1. The predicted octanol–water partition coefficient (Wildman–Crippen LogP) is 3.80. The van der Waals surface area contributed by atoms with Crippen LogP contribution in [-0.4, -0.2) is 27.6 Å². The van der Waals surface area contributed by atoms with Gasteiger partial charge in [-0.2, -0.15) is 13.2 Å². The van der Waals surface area contributed by atoms with Gasteiger partial charge in [0.15, 0.2) is 11.3 Å². The minimum Gasteiger partial charge on any atom is -0.497 e. The number of hydrogen-bond acceptors (Lipinski definition) is 5. The number of amides is 1. The number of carbonyl (C=O) groups is 1. The standard InChI is InChI=1S/C24H19F3N4O3/c1-34-18-10-6-16(7-11-18)14-31-21-19(3-2-12-28-21)30-20(23(31)33)22(32)29-13-15-4-8-17(9-5-15)24(25,26)27/h2-12H,13-14H2,1H3,(H,29,32). The third kappa shape index (κ3) is 4.90. The molecule has 7 nitrogen and oxygen atoms in total. The lowest BCUT2D eigenvalue weighted by Gasteiger charge is -2.12. The lowest BCUT2D eigenvalue weighted by molar-refractivity contribution is -0.137. The number of alkyl halides is 3. The highest BCUT2D eigenvalue weighted by Crippen LogP contribution is 2.29. The molecule has 0 bridgehead atoms. The van der Waals surface area contributed by atoms with Gasteiger partial charge in [0.05, 0.1) is 19.2 Å². The van der Waals surface area contributed by atoms with Crippen molar-refractivity contribution in [3.63, 3.8) is 0 Å². The normalized spacial score (nSPS) is 11.4. The van der Waals surface area contributed by atoms with Gasteiger partial charge < -0.3 is 10.1 Å². The maximum absolute atomic E-state index is 13.2. The highest BCUT2D eigenvalue weighted by molar-refractivity contribution is 5.93. The maximum Gasteiger partial charge on any atom is 0.416 e. The van der Waals surface area contributed by atoms with E-state index >= 15 is 0 Å². The van der Waals surface area contributed by atoms with Crippen molar-refractivity contribution in [1.82, 2.24) is 19.9 Å². The number of nitrogens with zero attached hydrogens (tertiary/aromatic N) is 3. The molecule has 34 heavy (non-hydrogen) atoms. The molecule has 4 rings (SSSR count). The molecule has 2 aromatic carbocycles. The summed E-state index contributed by atoms with van der Waals surface area (Å²) in [7, 11) is 1.55. The molecule has 0 saturated heterocycles. The second-order valence-corrected chi connectivity index (χ2v) is 7.42. The van der Waals surface area contributed by atoms with Crippen molar-refractivity contribution in [2.75, 3.05) is 7.11 Å². The SMILES string of the molecule is COc1ccc(Cn2c(=O)c(C(=O)NCc3ccc(C(F)(F)F)cc3)nc3cccnc32)cc1. The Morgan fingerprint density at radius 1 is 1.03 bits per heavy atom. The number of pyridine rings is 1. The molecule has 10 heteroatoms. The number of nitrogens with one attached hydrogen (secondary N) is 1. The largest absolute Gasteiger partial charge is 0.497 e. The first kappa shape index (κ1) is 23.0. The molecule has 0 fully saturated rings. The Morgan fingerprint density at radius 2 is 1.71 bits per heavy atom. The summed E-state index contributed by atoms with van der Waals surface area (Å²) in [5, 5.41) is 2.55. The summed E-state index contributed by atoms with van der Waals surface area (Å²) < 4.78 is 44.7. The van der Waals surface area contributed by atoms with Crippen molar-refractivity contribution in [2.45, 2.75) is 19.3 Å². The van der Waals surface area contributed by atoms with Gasteiger partial charge in [-0.25, -0.2) is 9.97 Å². The molecule has 0 aliphatic carbocycles. The number of methoxy groups -OCH3 is 1. The van der Waals surface area contributed by atoms with Gasteiger partial charge in [0.25, 0.3) is 11.5 Å². The Labute approximate surface area is 191 Å². The molecule has 0 aliphatic heterocycles. The second-order valence-electron chi connectivity index (χ2n) is 7.42. The monoisotopic (exact) mass is 468 g/mol. The molecule has 1 N–H and O–H groups in total. The number of fused-ring (bicyclic) bond motifs is 1. The van der Waals surface area contributed by atoms with Crippen LogP contribution in [-0.2, 0) is 19.3 Å². The van der Waals surface area contributed by atoms with Gasteiger partial charge in [0.1, 0.15) is 11.3 Å². The van der Waals surface area contributed by atoms with E-state index < -0.39 is 23.2 Å². The Balaban J connectivity index is 1.61. The smallest absolute Gasteiger partial charge is 0.416 e. The van der Waals surface area contributed by atoms with Crippen molar-refractivity contribution < 1.29 is 22.7 Å². The Kier molecular flexibility index (Phi) is 6.31. The van der Waals surface area contributed by atoms with E-state index in [1.807, 2.05) is 0 Å². The summed E-state index contributed by atoms with van der Waals surface area (Å²) in [5.41, 5.74) is 0.165. The number of benzene rings is 2. The van der Waals surface area contributed by atoms with E-state index in [1.54, 1.807) is 43.5 Å². The van der Waals surface area contributed by atoms with Crippen LogP contribution in [0.3, 0.4) is 0 Å². The van der Waals surface area contributed by atoms with Gasteiger partial charge in [0, 0.05) is 12.7 Å². The Bertz CT molecular complexity index is 1380. The predicted molar refractivity (Wildman–Crippen MR) is 119 cm³/mol. The van der Waals surface area contributed by atoms with Crippen LogP contribution in [0.25, 0.3) is 11.2 Å². The van der Waals surface area contributed by atoms with Crippen LogP contribution in [0.4, 0.5) is 13.2 Å². The first-order valence-electron chi connectivity index (χ1n) is 10.2. The third-order valence-electron chi connectivity index (χ3n) is 5.15. The fraction of sp³-hybridized carbons (Fsp3) is 0.167. The second kappa shape index (κ2) is 9.34. The van der Waals surface area contributed by atoms with Gasteiger partial charge in [-0.05, 0) is 47.5 Å². The third-order valence-corrected chi connectivity index (χ3v) is 5.15. The van der Waals surface area contributed by atoms with Crippen LogP contribution >= 0.6 is 0 Å². The summed E-state index contributed by atoms with van der Waals surface area (Å²) in [6.07, 6.45) is -2.92. The average molecular weight is 468 g/mol. The zero-order valence-electron chi connectivity index (χ0n) is 18.0. The summed E-state index contributed by atoms with van der Waals surface area (Å²) >= 11 is 0. The van der Waals surface area contributed by atoms with Crippen LogP contribution in [0.5, 0.6) is 5.75 Å². The zero-order chi connectivity index (χ0) is 24.3. The minimum atomic E-state index is -4.44. The Hall–Kier alpha value is -4.21. The minimum absolute atomic E-state index is 0.0678. The van der Waals surface area contributed by atoms with Crippen molar-refractivity contribution in [3.8, 4) is 5.75 Å².